The second-order valence-electron chi connectivity index (χ2n) is 4.75. The number of phenols is 1. The van der Waals surface area contributed by atoms with Crippen LogP contribution in [0.1, 0.15) is 43.7 Å². The molecular weight excluding hydrogens is 285 g/mol. The molecule has 1 aliphatic rings. The Bertz CT molecular complexity index is 405. The normalized spacial score (nSPS) is 19.2. The molecule has 1 aliphatic carbocycles. The SMILES string of the molecule is N[C@H](c1cc(Br)cc(F)c1O)C1CCCCC1. The van der Waals surface area contributed by atoms with E-state index in [-0.39, 0.29) is 11.8 Å². The third-order valence-corrected chi connectivity index (χ3v) is 4.03. The summed E-state index contributed by atoms with van der Waals surface area (Å²) in [5, 5.41) is 9.75. The van der Waals surface area contributed by atoms with Gasteiger partial charge in [0.15, 0.2) is 11.6 Å². The van der Waals surface area contributed by atoms with Crippen LogP contribution in [0.15, 0.2) is 16.6 Å². The van der Waals surface area contributed by atoms with E-state index in [0.717, 1.165) is 12.8 Å². The van der Waals surface area contributed by atoms with Crippen molar-refractivity contribution >= 4 is 15.9 Å². The van der Waals surface area contributed by atoms with Crippen molar-refractivity contribution in [1.29, 1.82) is 0 Å². The molecule has 0 saturated heterocycles. The highest BCUT2D eigenvalue weighted by molar-refractivity contribution is 9.10. The summed E-state index contributed by atoms with van der Waals surface area (Å²) in [6.45, 7) is 0. The molecule has 17 heavy (non-hydrogen) atoms. The molecule has 3 N–H and O–H groups in total. The van der Waals surface area contributed by atoms with Crippen LogP contribution in [-0.2, 0) is 0 Å². The van der Waals surface area contributed by atoms with E-state index in [4.69, 9.17) is 5.73 Å². The zero-order valence-electron chi connectivity index (χ0n) is 9.63. The van der Waals surface area contributed by atoms with Crippen molar-refractivity contribution < 1.29 is 9.50 Å². The molecule has 2 rings (SSSR count). The summed E-state index contributed by atoms with van der Waals surface area (Å²) in [6, 6.07) is 2.70. The number of nitrogens with two attached hydrogens (primary N) is 1. The fourth-order valence-corrected chi connectivity index (χ4v) is 3.03. The Morgan fingerprint density at radius 3 is 2.59 bits per heavy atom. The van der Waals surface area contributed by atoms with Gasteiger partial charge in [-0.25, -0.2) is 4.39 Å². The van der Waals surface area contributed by atoms with E-state index in [9.17, 15) is 9.50 Å². The average Bonchev–Trinajstić information content (AvgIpc) is 2.34. The van der Waals surface area contributed by atoms with E-state index < -0.39 is 5.82 Å². The van der Waals surface area contributed by atoms with Crippen LogP contribution in [0.2, 0.25) is 0 Å². The fourth-order valence-electron chi connectivity index (χ4n) is 2.59. The zero-order chi connectivity index (χ0) is 12.4. The number of rotatable bonds is 2. The maximum absolute atomic E-state index is 13.4. The lowest BCUT2D eigenvalue weighted by Gasteiger charge is -2.28. The van der Waals surface area contributed by atoms with E-state index in [1.54, 1.807) is 6.07 Å². The summed E-state index contributed by atoms with van der Waals surface area (Å²) < 4.78 is 14.1. The van der Waals surface area contributed by atoms with E-state index in [1.165, 1.54) is 25.3 Å². The standard InChI is InChI=1S/C13H17BrFNO/c14-9-6-10(13(17)11(15)7-9)12(16)8-4-2-1-3-5-8/h6-8,12,17H,1-5,16H2/t12-/m0/s1. The number of halogens is 2. The second-order valence-corrected chi connectivity index (χ2v) is 5.66. The van der Waals surface area contributed by atoms with Crippen molar-refractivity contribution in [2.45, 2.75) is 38.1 Å². The highest BCUT2D eigenvalue weighted by atomic mass is 79.9. The Morgan fingerprint density at radius 2 is 1.94 bits per heavy atom. The number of hydrogen-bond donors (Lipinski definition) is 2. The first-order valence-corrected chi connectivity index (χ1v) is 6.82. The van der Waals surface area contributed by atoms with Crippen molar-refractivity contribution in [1.82, 2.24) is 0 Å². The summed E-state index contributed by atoms with van der Waals surface area (Å²) in [5.74, 6) is -0.560. The third-order valence-electron chi connectivity index (χ3n) is 3.57. The molecule has 4 heteroatoms. The number of benzene rings is 1. The van der Waals surface area contributed by atoms with Crippen LogP contribution in [0.25, 0.3) is 0 Å². The van der Waals surface area contributed by atoms with Crippen molar-refractivity contribution in [3.8, 4) is 5.75 Å². The first-order valence-electron chi connectivity index (χ1n) is 6.03. The molecule has 94 valence electrons. The Morgan fingerprint density at radius 1 is 1.29 bits per heavy atom. The van der Waals surface area contributed by atoms with Gasteiger partial charge >= 0.3 is 0 Å². The van der Waals surface area contributed by atoms with Crippen LogP contribution >= 0.6 is 15.9 Å². The molecule has 0 aliphatic heterocycles. The highest BCUT2D eigenvalue weighted by Gasteiger charge is 2.25. The van der Waals surface area contributed by atoms with E-state index >= 15 is 0 Å². The van der Waals surface area contributed by atoms with Crippen molar-refractivity contribution in [3.63, 3.8) is 0 Å². The minimum atomic E-state index is -0.611. The lowest BCUT2D eigenvalue weighted by molar-refractivity contribution is 0.300. The predicted molar refractivity (Wildman–Crippen MR) is 69.3 cm³/mol. The predicted octanol–water partition coefficient (Wildman–Crippen LogP) is 3.87. The summed E-state index contributed by atoms with van der Waals surface area (Å²) in [6.07, 6.45) is 5.73. The van der Waals surface area contributed by atoms with Crippen LogP contribution in [0.5, 0.6) is 5.75 Å². The van der Waals surface area contributed by atoms with Gasteiger partial charge in [-0.3, -0.25) is 0 Å². The highest BCUT2D eigenvalue weighted by Crippen LogP contribution is 2.38. The smallest absolute Gasteiger partial charge is 0.166 e. The molecule has 0 heterocycles. The topological polar surface area (TPSA) is 46.2 Å². The number of hydrogen-bond acceptors (Lipinski definition) is 2. The first-order chi connectivity index (χ1) is 8.09. The van der Waals surface area contributed by atoms with Crippen molar-refractivity contribution in [2.75, 3.05) is 0 Å². The minimum absolute atomic E-state index is 0.276. The number of phenolic OH excluding ortho intramolecular Hbond substituents is 1. The molecule has 1 aromatic rings. The van der Waals surface area contributed by atoms with Gasteiger partial charge in [-0.1, -0.05) is 35.2 Å². The van der Waals surface area contributed by atoms with Gasteiger partial charge in [0.1, 0.15) is 0 Å². The lowest BCUT2D eigenvalue weighted by Crippen LogP contribution is -2.23. The Hall–Kier alpha value is -0.610. The largest absolute Gasteiger partial charge is 0.505 e. The van der Waals surface area contributed by atoms with E-state index in [0.29, 0.717) is 16.0 Å². The van der Waals surface area contributed by atoms with Gasteiger partial charge in [-0.15, -0.1) is 0 Å². The van der Waals surface area contributed by atoms with Crippen LogP contribution in [0, 0.1) is 11.7 Å². The molecule has 1 aromatic carbocycles. The maximum atomic E-state index is 13.4. The fraction of sp³-hybridized carbons (Fsp3) is 0.538. The van der Waals surface area contributed by atoms with Gasteiger partial charge in [-0.05, 0) is 30.9 Å². The molecule has 1 fully saturated rings. The van der Waals surface area contributed by atoms with Crippen molar-refractivity contribution in [2.24, 2.45) is 11.7 Å². The summed E-state index contributed by atoms with van der Waals surface area (Å²) >= 11 is 3.23. The zero-order valence-corrected chi connectivity index (χ0v) is 11.2. The number of aromatic hydroxyl groups is 1. The first kappa shape index (κ1) is 12.8. The molecule has 0 radical (unpaired) electrons. The van der Waals surface area contributed by atoms with Crippen LogP contribution < -0.4 is 5.73 Å². The second kappa shape index (κ2) is 5.36. The van der Waals surface area contributed by atoms with Gasteiger partial charge in [0.25, 0.3) is 0 Å². The van der Waals surface area contributed by atoms with Gasteiger partial charge in [0.2, 0.25) is 0 Å². The van der Waals surface area contributed by atoms with Gasteiger partial charge < -0.3 is 10.8 Å². The van der Waals surface area contributed by atoms with E-state index in [1.807, 2.05) is 0 Å². The summed E-state index contributed by atoms with van der Waals surface area (Å²) in [7, 11) is 0. The van der Waals surface area contributed by atoms with Crippen LogP contribution in [-0.4, -0.2) is 5.11 Å². The molecule has 0 bridgehead atoms. The molecule has 1 saturated carbocycles. The molecule has 0 spiro atoms. The van der Waals surface area contributed by atoms with Gasteiger partial charge in [0, 0.05) is 16.1 Å². The van der Waals surface area contributed by atoms with Crippen molar-refractivity contribution in [3.05, 3.63) is 28.0 Å². The average molecular weight is 302 g/mol. The molecule has 2 nitrogen and oxygen atoms in total. The Kier molecular flexibility index (Phi) is 4.05. The summed E-state index contributed by atoms with van der Waals surface area (Å²) in [4.78, 5) is 0. The molecule has 1 atom stereocenters. The molecule has 0 amide bonds. The van der Waals surface area contributed by atoms with Crippen LogP contribution in [0.3, 0.4) is 0 Å². The molecular formula is C13H17BrFNO. The van der Waals surface area contributed by atoms with Gasteiger partial charge in [0.05, 0.1) is 0 Å². The van der Waals surface area contributed by atoms with E-state index in [2.05, 4.69) is 15.9 Å². The Labute approximate surface area is 109 Å². The quantitative estimate of drug-likeness (QED) is 0.871. The summed E-state index contributed by atoms with van der Waals surface area (Å²) in [5.41, 5.74) is 6.68. The molecule has 0 aromatic heterocycles. The monoisotopic (exact) mass is 301 g/mol. The lowest BCUT2D eigenvalue weighted by atomic mass is 9.81. The minimum Gasteiger partial charge on any atom is -0.505 e. The van der Waals surface area contributed by atoms with Crippen LogP contribution in [0.4, 0.5) is 4.39 Å². The Balaban J connectivity index is 2.26. The molecule has 0 unspecified atom stereocenters. The maximum Gasteiger partial charge on any atom is 0.166 e. The van der Waals surface area contributed by atoms with Gasteiger partial charge in [-0.2, -0.15) is 0 Å². The third kappa shape index (κ3) is 2.80.